The Hall–Kier alpha value is -0.0800. The summed E-state index contributed by atoms with van der Waals surface area (Å²) in [4.78, 5) is 0. The number of rotatable bonds is 5. The van der Waals surface area contributed by atoms with Crippen molar-refractivity contribution in [3.63, 3.8) is 0 Å². The summed E-state index contributed by atoms with van der Waals surface area (Å²) in [7, 11) is 0. The molecule has 0 saturated heterocycles. The maximum Gasteiger partial charge on any atom is 0.00766 e. The minimum absolute atomic E-state index is 1.07. The Morgan fingerprint density at radius 2 is 0.917 bits per heavy atom. The second-order valence-electron chi connectivity index (χ2n) is 1.71. The Morgan fingerprint density at radius 3 is 1.08 bits per heavy atom. The van der Waals surface area contributed by atoms with Gasteiger partial charge in [0.1, 0.15) is 0 Å². The molecule has 0 aromatic carbocycles. The Labute approximate surface area is 79.1 Å². The van der Waals surface area contributed by atoms with E-state index in [4.69, 9.17) is 0 Å². The molecule has 0 aliphatic rings. The summed E-state index contributed by atoms with van der Waals surface area (Å²) in [5.41, 5.74) is 0. The average molecular weight is 176 g/mol. The van der Waals surface area contributed by atoms with Crippen molar-refractivity contribution in [3.05, 3.63) is 0 Å². The summed E-state index contributed by atoms with van der Waals surface area (Å²) < 4.78 is 0. The largest absolute Gasteiger partial charge is 0.316 e. The maximum atomic E-state index is 3.22. The van der Waals surface area contributed by atoms with E-state index in [0.29, 0.717) is 0 Å². The summed E-state index contributed by atoms with van der Waals surface area (Å²) in [5, 5.41) is 6.44. The summed E-state index contributed by atoms with van der Waals surface area (Å²) >= 11 is 0. The van der Waals surface area contributed by atoms with Crippen molar-refractivity contribution in [2.24, 2.45) is 0 Å². The van der Waals surface area contributed by atoms with E-state index in [1.54, 1.807) is 0 Å². The average Bonchev–Trinajstić information content (AvgIpc) is 2.19. The molecule has 0 fully saturated rings. The lowest BCUT2D eigenvalue weighted by Crippen LogP contribution is -2.26. The zero-order chi connectivity index (χ0) is 10.2. The van der Waals surface area contributed by atoms with E-state index in [9.17, 15) is 0 Å². The number of nitrogens with one attached hydrogen (secondary N) is 2. The fraction of sp³-hybridized carbons (Fsp3) is 1.00. The molecular weight excluding hydrogens is 148 g/mol. The van der Waals surface area contributed by atoms with Gasteiger partial charge in [0.25, 0.3) is 0 Å². The smallest absolute Gasteiger partial charge is 0.00766 e. The predicted octanol–water partition coefficient (Wildman–Crippen LogP) is 2.26. The van der Waals surface area contributed by atoms with Gasteiger partial charge in [-0.15, -0.1) is 0 Å². The number of hydrogen-bond acceptors (Lipinski definition) is 2. The molecule has 2 heteroatoms. The fourth-order valence-corrected chi connectivity index (χ4v) is 0.530. The summed E-state index contributed by atoms with van der Waals surface area (Å²) in [6.45, 7) is 16.6. The SMILES string of the molecule is CC.CC.CCNCCNCC. The van der Waals surface area contributed by atoms with E-state index < -0.39 is 0 Å². The molecule has 78 valence electrons. The third-order valence-corrected chi connectivity index (χ3v) is 0.979. The van der Waals surface area contributed by atoms with Gasteiger partial charge >= 0.3 is 0 Å². The molecule has 0 atom stereocenters. The van der Waals surface area contributed by atoms with E-state index in [-0.39, 0.29) is 0 Å². The van der Waals surface area contributed by atoms with E-state index in [2.05, 4.69) is 24.5 Å². The van der Waals surface area contributed by atoms with Crippen molar-refractivity contribution >= 4 is 0 Å². The van der Waals surface area contributed by atoms with Crippen LogP contribution in [0.5, 0.6) is 0 Å². The minimum Gasteiger partial charge on any atom is -0.316 e. The molecule has 0 bridgehead atoms. The lowest BCUT2D eigenvalue weighted by atomic mass is 10.6. The second-order valence-corrected chi connectivity index (χ2v) is 1.71. The summed E-state index contributed by atoms with van der Waals surface area (Å²) in [6, 6.07) is 0. The van der Waals surface area contributed by atoms with Crippen LogP contribution in [0.4, 0.5) is 0 Å². The van der Waals surface area contributed by atoms with Gasteiger partial charge in [-0.05, 0) is 13.1 Å². The number of likely N-dealkylation sites (N-methyl/N-ethyl adjacent to an activating group) is 2. The molecule has 0 aromatic heterocycles. The molecule has 0 spiro atoms. The van der Waals surface area contributed by atoms with Crippen LogP contribution in [-0.2, 0) is 0 Å². The minimum atomic E-state index is 1.07. The van der Waals surface area contributed by atoms with Gasteiger partial charge < -0.3 is 10.6 Å². The lowest BCUT2D eigenvalue weighted by Gasteiger charge is -1.99. The highest BCUT2D eigenvalue weighted by molar-refractivity contribution is 4.45. The zero-order valence-corrected chi connectivity index (χ0v) is 9.83. The van der Waals surface area contributed by atoms with Gasteiger partial charge in [0.15, 0.2) is 0 Å². The molecule has 0 amide bonds. The highest BCUT2D eigenvalue weighted by Crippen LogP contribution is 1.56. The van der Waals surface area contributed by atoms with Crippen LogP contribution in [0.15, 0.2) is 0 Å². The molecule has 0 saturated carbocycles. The number of hydrogen-bond donors (Lipinski definition) is 2. The monoisotopic (exact) mass is 176 g/mol. The van der Waals surface area contributed by atoms with Crippen LogP contribution >= 0.6 is 0 Å². The molecule has 0 aliphatic carbocycles. The predicted molar refractivity (Wildman–Crippen MR) is 59.8 cm³/mol. The van der Waals surface area contributed by atoms with Gasteiger partial charge in [0.2, 0.25) is 0 Å². The first kappa shape index (κ1) is 17.9. The third-order valence-electron chi connectivity index (χ3n) is 0.979. The van der Waals surface area contributed by atoms with Gasteiger partial charge in [-0.1, -0.05) is 41.5 Å². The molecule has 2 N–H and O–H groups in total. The van der Waals surface area contributed by atoms with E-state index in [1.165, 1.54) is 0 Å². The Balaban J connectivity index is -0.000000175. The van der Waals surface area contributed by atoms with E-state index in [1.807, 2.05) is 27.7 Å². The Bertz CT molecular complexity index is 32.8. The van der Waals surface area contributed by atoms with Crippen LogP contribution in [0.2, 0.25) is 0 Å². The van der Waals surface area contributed by atoms with Crippen molar-refractivity contribution < 1.29 is 0 Å². The van der Waals surface area contributed by atoms with Crippen LogP contribution in [0, 0.1) is 0 Å². The topological polar surface area (TPSA) is 24.1 Å². The van der Waals surface area contributed by atoms with Gasteiger partial charge in [0.05, 0.1) is 0 Å². The molecule has 0 rings (SSSR count). The maximum absolute atomic E-state index is 3.22. The molecule has 0 radical (unpaired) electrons. The molecule has 0 unspecified atom stereocenters. The Kier molecular flexibility index (Phi) is 45.6. The van der Waals surface area contributed by atoms with Gasteiger partial charge in [-0.3, -0.25) is 0 Å². The highest BCUT2D eigenvalue weighted by Gasteiger charge is 1.79. The van der Waals surface area contributed by atoms with Crippen molar-refractivity contribution in [2.45, 2.75) is 41.5 Å². The summed E-state index contributed by atoms with van der Waals surface area (Å²) in [5.74, 6) is 0. The molecule has 0 aromatic rings. The zero-order valence-electron chi connectivity index (χ0n) is 9.83. The van der Waals surface area contributed by atoms with Crippen molar-refractivity contribution in [2.75, 3.05) is 26.2 Å². The van der Waals surface area contributed by atoms with Gasteiger partial charge in [-0.2, -0.15) is 0 Å². The van der Waals surface area contributed by atoms with E-state index in [0.717, 1.165) is 26.2 Å². The standard InChI is InChI=1S/C6H16N2.2C2H6/c1-3-7-5-6-8-4-2;2*1-2/h7-8H,3-6H2,1-2H3;2*1-2H3. The second kappa shape index (κ2) is 30.7. The van der Waals surface area contributed by atoms with Crippen LogP contribution in [0.3, 0.4) is 0 Å². The molecule has 2 nitrogen and oxygen atoms in total. The Morgan fingerprint density at radius 1 is 0.667 bits per heavy atom. The first-order chi connectivity index (χ1) is 5.91. The van der Waals surface area contributed by atoms with Crippen LogP contribution in [-0.4, -0.2) is 26.2 Å². The van der Waals surface area contributed by atoms with Crippen LogP contribution in [0.25, 0.3) is 0 Å². The van der Waals surface area contributed by atoms with Crippen molar-refractivity contribution in [1.82, 2.24) is 10.6 Å². The van der Waals surface area contributed by atoms with Crippen molar-refractivity contribution in [1.29, 1.82) is 0 Å². The first-order valence-electron chi connectivity index (χ1n) is 5.33. The molecular formula is C10H28N2. The highest BCUT2D eigenvalue weighted by atomic mass is 14.9. The third kappa shape index (κ3) is 32.6. The molecule has 12 heavy (non-hydrogen) atoms. The lowest BCUT2D eigenvalue weighted by molar-refractivity contribution is 0.641. The van der Waals surface area contributed by atoms with Crippen LogP contribution < -0.4 is 10.6 Å². The first-order valence-corrected chi connectivity index (χ1v) is 5.33. The molecule has 0 aliphatic heterocycles. The normalized spacial score (nSPS) is 7.50. The van der Waals surface area contributed by atoms with E-state index >= 15 is 0 Å². The quantitative estimate of drug-likeness (QED) is 0.628. The van der Waals surface area contributed by atoms with Crippen molar-refractivity contribution in [3.8, 4) is 0 Å². The fourth-order valence-electron chi connectivity index (χ4n) is 0.530. The summed E-state index contributed by atoms with van der Waals surface area (Å²) in [6.07, 6.45) is 0. The van der Waals surface area contributed by atoms with Gasteiger partial charge in [-0.25, -0.2) is 0 Å². The van der Waals surface area contributed by atoms with Crippen LogP contribution in [0.1, 0.15) is 41.5 Å². The molecule has 0 heterocycles. The van der Waals surface area contributed by atoms with Gasteiger partial charge in [0, 0.05) is 13.1 Å².